The minimum absolute atomic E-state index is 0.102. The van der Waals surface area contributed by atoms with Gasteiger partial charge in [-0.3, -0.25) is 4.79 Å². The summed E-state index contributed by atoms with van der Waals surface area (Å²) in [6.07, 6.45) is 2.13. The zero-order valence-corrected chi connectivity index (χ0v) is 15.5. The van der Waals surface area contributed by atoms with Gasteiger partial charge in [0, 0.05) is 28.3 Å². The fourth-order valence-electron chi connectivity index (χ4n) is 3.26. The number of nitrogens with zero attached hydrogens (tertiary/aromatic N) is 2. The van der Waals surface area contributed by atoms with E-state index in [1.807, 2.05) is 19.1 Å². The third-order valence-electron chi connectivity index (χ3n) is 4.69. The molecule has 7 heteroatoms. The molecule has 1 fully saturated rings. The van der Waals surface area contributed by atoms with E-state index in [9.17, 15) is 9.59 Å². The molecule has 0 bridgehead atoms. The molecule has 1 aliphatic carbocycles. The van der Waals surface area contributed by atoms with Gasteiger partial charge in [0.25, 0.3) is 0 Å². The minimum Gasteiger partial charge on any atom is -0.497 e. The maximum absolute atomic E-state index is 12.8. The third-order valence-corrected chi connectivity index (χ3v) is 4.69. The van der Waals surface area contributed by atoms with Gasteiger partial charge in [-0.2, -0.15) is 5.26 Å². The number of carbonyl (C=O) groups excluding carboxylic acids is 2. The molecule has 1 aliphatic rings. The van der Waals surface area contributed by atoms with Crippen molar-refractivity contribution in [2.75, 3.05) is 13.7 Å². The highest BCUT2D eigenvalue weighted by Gasteiger charge is 2.31. The Hall–Kier alpha value is -3.27. The number of nitriles is 1. The summed E-state index contributed by atoms with van der Waals surface area (Å²) < 4.78 is 12.6. The van der Waals surface area contributed by atoms with Crippen LogP contribution in [0.25, 0.3) is 10.9 Å². The second kappa shape index (κ2) is 7.16. The van der Waals surface area contributed by atoms with Gasteiger partial charge in [-0.1, -0.05) is 0 Å². The third kappa shape index (κ3) is 3.38. The van der Waals surface area contributed by atoms with Crippen molar-refractivity contribution in [2.24, 2.45) is 5.73 Å². The summed E-state index contributed by atoms with van der Waals surface area (Å²) in [5.41, 5.74) is 7.57. The molecule has 0 saturated heterocycles. The summed E-state index contributed by atoms with van der Waals surface area (Å²) in [5.74, 6) is -0.591. The molecule has 0 unspecified atom stereocenters. The number of methoxy groups -OCH3 is 1. The lowest BCUT2D eigenvalue weighted by molar-refractivity contribution is -0.118. The zero-order valence-electron chi connectivity index (χ0n) is 15.5. The number of hydrogen-bond acceptors (Lipinski definition) is 6. The Bertz CT molecular complexity index is 1000. The van der Waals surface area contributed by atoms with E-state index in [1.54, 1.807) is 19.2 Å². The molecule has 7 nitrogen and oxygen atoms in total. The summed E-state index contributed by atoms with van der Waals surface area (Å²) in [4.78, 5) is 24.8. The number of ether oxygens (including phenoxy) is 2. The fraction of sp³-hybridized carbons (Fsp3) is 0.350. The van der Waals surface area contributed by atoms with E-state index in [0.717, 1.165) is 29.4 Å². The summed E-state index contributed by atoms with van der Waals surface area (Å²) >= 11 is 0. The number of nitrogens with two attached hydrogens (primary N) is 1. The normalized spacial score (nSPS) is 14.4. The number of aromatic nitrogens is 1. The highest BCUT2D eigenvalue weighted by molar-refractivity contribution is 6.08. The van der Waals surface area contributed by atoms with E-state index in [2.05, 4.69) is 4.57 Å². The molecule has 0 atom stereocenters. The SMILES string of the molecule is COc1ccc2c(c1)c(C(=O)OCC(=O)/C(C#N)=C(\C)N)c(C)n2C1CC1. The van der Waals surface area contributed by atoms with Crippen LogP contribution in [-0.2, 0) is 9.53 Å². The molecule has 0 aliphatic heterocycles. The van der Waals surface area contributed by atoms with Crippen LogP contribution in [0.4, 0.5) is 0 Å². The van der Waals surface area contributed by atoms with Gasteiger partial charge in [0.15, 0.2) is 6.61 Å². The first kappa shape index (κ1) is 18.5. The first-order valence-electron chi connectivity index (χ1n) is 8.64. The first-order valence-corrected chi connectivity index (χ1v) is 8.64. The Morgan fingerprint density at radius 1 is 1.37 bits per heavy atom. The van der Waals surface area contributed by atoms with Gasteiger partial charge in [0.1, 0.15) is 17.4 Å². The van der Waals surface area contributed by atoms with Crippen molar-refractivity contribution in [1.29, 1.82) is 5.26 Å². The second-order valence-electron chi connectivity index (χ2n) is 6.61. The first-order chi connectivity index (χ1) is 12.9. The molecule has 0 radical (unpaired) electrons. The summed E-state index contributed by atoms with van der Waals surface area (Å²) in [6.45, 7) is 2.79. The number of ketones is 1. The number of esters is 1. The van der Waals surface area contributed by atoms with E-state index in [1.165, 1.54) is 6.92 Å². The molecule has 1 aromatic heterocycles. The van der Waals surface area contributed by atoms with Crippen molar-refractivity contribution in [3.05, 3.63) is 40.7 Å². The largest absolute Gasteiger partial charge is 0.497 e. The number of benzene rings is 1. The Morgan fingerprint density at radius 3 is 2.63 bits per heavy atom. The summed E-state index contributed by atoms with van der Waals surface area (Å²) in [7, 11) is 1.56. The minimum atomic E-state index is -0.619. The highest BCUT2D eigenvalue weighted by atomic mass is 16.5. The van der Waals surface area contributed by atoms with E-state index in [-0.39, 0.29) is 11.3 Å². The van der Waals surface area contributed by atoms with Crippen LogP contribution in [-0.4, -0.2) is 30.0 Å². The standard InChI is InChI=1S/C20H21N3O4/c1-11(22)16(9-21)18(24)10-27-20(25)19-12(2)23(13-4-5-13)17-7-6-14(26-3)8-15(17)19/h6-8,13H,4-5,10,22H2,1-3H3/b16-11+. The average molecular weight is 367 g/mol. The number of carbonyl (C=O) groups is 2. The molecule has 3 rings (SSSR count). The molecular weight excluding hydrogens is 346 g/mol. The predicted octanol–water partition coefficient (Wildman–Crippen LogP) is 2.78. The maximum atomic E-state index is 12.8. The van der Waals surface area contributed by atoms with Crippen molar-refractivity contribution in [3.8, 4) is 11.8 Å². The van der Waals surface area contributed by atoms with Crippen molar-refractivity contribution in [2.45, 2.75) is 32.7 Å². The lowest BCUT2D eigenvalue weighted by Gasteiger charge is -2.07. The Labute approximate surface area is 156 Å². The van der Waals surface area contributed by atoms with Gasteiger partial charge < -0.3 is 19.8 Å². The average Bonchev–Trinajstić information content (AvgIpc) is 3.42. The summed E-state index contributed by atoms with van der Waals surface area (Å²) in [6, 6.07) is 7.69. The van der Waals surface area contributed by atoms with Crippen LogP contribution in [0.3, 0.4) is 0 Å². The number of fused-ring (bicyclic) bond motifs is 1. The molecule has 1 saturated carbocycles. The summed E-state index contributed by atoms with van der Waals surface area (Å²) in [5, 5.41) is 9.72. The lowest BCUT2D eigenvalue weighted by Crippen LogP contribution is -2.18. The van der Waals surface area contributed by atoms with Gasteiger partial charge in [-0.15, -0.1) is 0 Å². The molecule has 1 aromatic carbocycles. The Balaban J connectivity index is 1.95. The molecule has 1 heterocycles. The van der Waals surface area contributed by atoms with E-state index in [0.29, 0.717) is 17.4 Å². The number of Topliss-reactive ketones (excluding diaryl/α,β-unsaturated/α-hetero) is 1. The zero-order chi connectivity index (χ0) is 19.7. The van der Waals surface area contributed by atoms with Gasteiger partial charge in [-0.25, -0.2) is 4.79 Å². The Morgan fingerprint density at radius 2 is 2.07 bits per heavy atom. The van der Waals surface area contributed by atoms with Crippen LogP contribution < -0.4 is 10.5 Å². The smallest absolute Gasteiger partial charge is 0.341 e. The van der Waals surface area contributed by atoms with Crippen LogP contribution >= 0.6 is 0 Å². The van der Waals surface area contributed by atoms with Crippen molar-refractivity contribution < 1.29 is 19.1 Å². The van der Waals surface area contributed by atoms with Crippen LogP contribution in [0, 0.1) is 18.3 Å². The van der Waals surface area contributed by atoms with Crippen LogP contribution in [0.2, 0.25) is 0 Å². The number of allylic oxidation sites excluding steroid dienone is 1. The van der Waals surface area contributed by atoms with Gasteiger partial charge in [0.05, 0.1) is 12.7 Å². The Kier molecular flexibility index (Phi) is 4.91. The topological polar surface area (TPSA) is 107 Å². The molecule has 2 N–H and O–H groups in total. The van der Waals surface area contributed by atoms with E-state index < -0.39 is 18.4 Å². The molecular formula is C20H21N3O4. The lowest BCUT2D eigenvalue weighted by atomic mass is 10.1. The van der Waals surface area contributed by atoms with Crippen LogP contribution in [0.15, 0.2) is 29.5 Å². The molecule has 2 aromatic rings. The van der Waals surface area contributed by atoms with Crippen molar-refractivity contribution >= 4 is 22.7 Å². The van der Waals surface area contributed by atoms with E-state index >= 15 is 0 Å². The van der Waals surface area contributed by atoms with Crippen molar-refractivity contribution in [1.82, 2.24) is 4.57 Å². The monoisotopic (exact) mass is 367 g/mol. The molecule has 0 spiro atoms. The highest BCUT2D eigenvalue weighted by Crippen LogP contribution is 2.42. The van der Waals surface area contributed by atoms with Crippen LogP contribution in [0.5, 0.6) is 5.75 Å². The maximum Gasteiger partial charge on any atom is 0.341 e. The van der Waals surface area contributed by atoms with Gasteiger partial charge >= 0.3 is 5.97 Å². The van der Waals surface area contributed by atoms with E-state index in [4.69, 9.17) is 20.5 Å². The molecule has 0 amide bonds. The number of hydrogen-bond donors (Lipinski definition) is 1. The van der Waals surface area contributed by atoms with Crippen molar-refractivity contribution in [3.63, 3.8) is 0 Å². The van der Waals surface area contributed by atoms with Gasteiger partial charge in [-0.05, 0) is 44.9 Å². The fourth-order valence-corrected chi connectivity index (χ4v) is 3.26. The molecule has 140 valence electrons. The van der Waals surface area contributed by atoms with Crippen LogP contribution in [0.1, 0.15) is 41.9 Å². The molecule has 27 heavy (non-hydrogen) atoms. The predicted molar refractivity (Wildman–Crippen MR) is 99.3 cm³/mol. The second-order valence-corrected chi connectivity index (χ2v) is 6.61. The quantitative estimate of drug-likeness (QED) is 0.478. The van der Waals surface area contributed by atoms with Gasteiger partial charge in [0.2, 0.25) is 5.78 Å². The number of rotatable bonds is 6.